The highest BCUT2D eigenvalue weighted by molar-refractivity contribution is 7.89. The van der Waals surface area contributed by atoms with Crippen LogP contribution in [0.5, 0.6) is 0 Å². The summed E-state index contributed by atoms with van der Waals surface area (Å²) in [6.07, 6.45) is 4.80. The second-order valence-corrected chi connectivity index (χ2v) is 6.66. The molecule has 100 valence electrons. The van der Waals surface area contributed by atoms with Crippen molar-refractivity contribution in [3.63, 3.8) is 0 Å². The SMILES string of the molecule is O=[N+]([O-])c1ccc(S(=O)(=O)N2CC3C=CC2C3)cc1. The smallest absolute Gasteiger partial charge is 0.258 e. The van der Waals surface area contributed by atoms with E-state index in [9.17, 15) is 18.5 Å². The van der Waals surface area contributed by atoms with Crippen molar-refractivity contribution in [3.8, 4) is 0 Å². The van der Waals surface area contributed by atoms with E-state index in [1.54, 1.807) is 0 Å². The van der Waals surface area contributed by atoms with Gasteiger partial charge in [-0.1, -0.05) is 12.2 Å². The quantitative estimate of drug-likeness (QED) is 0.478. The average Bonchev–Trinajstić information content (AvgIpc) is 3.01. The standard InChI is InChI=1S/C12H12N2O4S/c15-14(16)10-3-5-12(6-4-10)19(17,18)13-8-9-1-2-11(13)7-9/h1-6,9,11H,7-8H2. The molecule has 1 heterocycles. The lowest BCUT2D eigenvalue weighted by Gasteiger charge is -2.23. The summed E-state index contributed by atoms with van der Waals surface area (Å²) in [7, 11) is -3.55. The highest BCUT2D eigenvalue weighted by atomic mass is 32.2. The van der Waals surface area contributed by atoms with E-state index in [1.807, 2.05) is 12.2 Å². The van der Waals surface area contributed by atoms with Gasteiger partial charge in [-0.15, -0.1) is 0 Å². The molecule has 2 bridgehead atoms. The highest BCUT2D eigenvalue weighted by Gasteiger charge is 2.41. The summed E-state index contributed by atoms with van der Waals surface area (Å²) in [4.78, 5) is 10.1. The van der Waals surface area contributed by atoms with Crippen LogP contribution in [-0.2, 0) is 10.0 Å². The number of non-ortho nitro benzene ring substituents is 1. The van der Waals surface area contributed by atoms with Crippen molar-refractivity contribution in [1.29, 1.82) is 0 Å². The summed E-state index contributed by atoms with van der Waals surface area (Å²) in [6, 6.07) is 4.96. The first-order chi connectivity index (χ1) is 8.98. The lowest BCUT2D eigenvalue weighted by atomic mass is 10.2. The summed E-state index contributed by atoms with van der Waals surface area (Å²) in [5.74, 6) is 0.304. The van der Waals surface area contributed by atoms with Crippen molar-refractivity contribution in [2.24, 2.45) is 5.92 Å². The first-order valence-electron chi connectivity index (χ1n) is 5.93. The van der Waals surface area contributed by atoms with Gasteiger partial charge >= 0.3 is 0 Å². The van der Waals surface area contributed by atoms with Crippen LogP contribution in [0.3, 0.4) is 0 Å². The van der Waals surface area contributed by atoms with E-state index in [0.717, 1.165) is 6.42 Å². The lowest BCUT2D eigenvalue weighted by Crippen LogP contribution is -2.35. The number of hydrogen-bond acceptors (Lipinski definition) is 4. The molecule has 2 unspecified atom stereocenters. The van der Waals surface area contributed by atoms with Crippen LogP contribution in [0.15, 0.2) is 41.3 Å². The van der Waals surface area contributed by atoms with Crippen LogP contribution in [0.25, 0.3) is 0 Å². The Bertz CT molecular complexity index is 651. The van der Waals surface area contributed by atoms with E-state index in [0.29, 0.717) is 12.5 Å². The van der Waals surface area contributed by atoms with Gasteiger partial charge in [0.15, 0.2) is 0 Å². The Morgan fingerprint density at radius 1 is 1.21 bits per heavy atom. The molecule has 0 aromatic heterocycles. The van der Waals surface area contributed by atoms with Gasteiger partial charge in [-0.25, -0.2) is 8.42 Å². The molecule has 0 saturated carbocycles. The van der Waals surface area contributed by atoms with Crippen molar-refractivity contribution in [2.45, 2.75) is 17.4 Å². The van der Waals surface area contributed by atoms with Gasteiger partial charge in [-0.2, -0.15) is 4.31 Å². The molecule has 1 aliphatic carbocycles. The van der Waals surface area contributed by atoms with Crippen molar-refractivity contribution in [2.75, 3.05) is 6.54 Å². The average molecular weight is 280 g/mol. The number of nitro groups is 1. The minimum atomic E-state index is -3.55. The third kappa shape index (κ3) is 1.95. The summed E-state index contributed by atoms with van der Waals surface area (Å²) < 4.78 is 26.3. The van der Waals surface area contributed by atoms with Crippen molar-refractivity contribution >= 4 is 15.7 Å². The third-order valence-electron chi connectivity index (χ3n) is 3.59. The fraction of sp³-hybridized carbons (Fsp3) is 0.333. The molecule has 6 nitrogen and oxygen atoms in total. The molecule has 0 N–H and O–H groups in total. The van der Waals surface area contributed by atoms with Crippen molar-refractivity contribution < 1.29 is 13.3 Å². The normalized spacial score (nSPS) is 25.9. The van der Waals surface area contributed by atoms with E-state index in [4.69, 9.17) is 0 Å². The monoisotopic (exact) mass is 280 g/mol. The zero-order chi connectivity index (χ0) is 13.6. The maximum atomic E-state index is 12.4. The van der Waals surface area contributed by atoms with Gasteiger partial charge in [0, 0.05) is 24.7 Å². The predicted molar refractivity (Wildman–Crippen MR) is 68.0 cm³/mol. The van der Waals surface area contributed by atoms with Gasteiger partial charge in [0.25, 0.3) is 5.69 Å². The van der Waals surface area contributed by atoms with Crippen LogP contribution in [0, 0.1) is 16.0 Å². The molecule has 1 aliphatic heterocycles. The molecule has 1 aromatic rings. The topological polar surface area (TPSA) is 80.5 Å². The summed E-state index contributed by atoms with van der Waals surface area (Å²) >= 11 is 0. The van der Waals surface area contributed by atoms with Crippen LogP contribution in [0.1, 0.15) is 6.42 Å². The molecule has 0 radical (unpaired) electrons. The minimum Gasteiger partial charge on any atom is -0.258 e. The van der Waals surface area contributed by atoms with E-state index in [1.165, 1.54) is 28.6 Å². The molecule has 1 fully saturated rings. The fourth-order valence-corrected chi connectivity index (χ4v) is 4.27. The number of rotatable bonds is 3. The first kappa shape index (κ1) is 12.3. The Labute approximate surface area is 110 Å². The zero-order valence-electron chi connectivity index (χ0n) is 9.97. The Kier molecular flexibility index (Phi) is 2.68. The molecule has 7 heteroatoms. The Morgan fingerprint density at radius 2 is 1.89 bits per heavy atom. The van der Waals surface area contributed by atoms with Crippen LogP contribution in [0.2, 0.25) is 0 Å². The van der Waals surface area contributed by atoms with E-state index in [-0.39, 0.29) is 16.6 Å². The van der Waals surface area contributed by atoms with Crippen LogP contribution >= 0.6 is 0 Å². The van der Waals surface area contributed by atoms with Crippen molar-refractivity contribution in [1.82, 2.24) is 4.31 Å². The van der Waals surface area contributed by atoms with Gasteiger partial charge < -0.3 is 0 Å². The maximum absolute atomic E-state index is 12.4. The predicted octanol–water partition coefficient (Wildman–Crippen LogP) is 1.54. The second-order valence-electron chi connectivity index (χ2n) is 4.77. The summed E-state index contributed by atoms with van der Waals surface area (Å²) in [5, 5.41) is 10.6. The molecular formula is C12H12N2O4S. The van der Waals surface area contributed by atoms with Gasteiger partial charge in [-0.05, 0) is 24.5 Å². The number of nitro benzene ring substituents is 1. The van der Waals surface area contributed by atoms with Gasteiger partial charge in [0.05, 0.1) is 9.82 Å². The number of nitrogens with zero attached hydrogens (tertiary/aromatic N) is 2. The van der Waals surface area contributed by atoms with E-state index < -0.39 is 14.9 Å². The molecular weight excluding hydrogens is 268 g/mol. The van der Waals surface area contributed by atoms with Gasteiger partial charge in [0.1, 0.15) is 0 Å². The van der Waals surface area contributed by atoms with Crippen LogP contribution < -0.4 is 0 Å². The Balaban J connectivity index is 1.92. The number of sulfonamides is 1. The van der Waals surface area contributed by atoms with E-state index in [2.05, 4.69) is 0 Å². The number of fused-ring (bicyclic) bond motifs is 2. The van der Waals surface area contributed by atoms with Crippen molar-refractivity contribution in [3.05, 3.63) is 46.5 Å². The summed E-state index contributed by atoms with van der Waals surface area (Å²) in [5.41, 5.74) is -0.109. The fourth-order valence-electron chi connectivity index (χ4n) is 2.62. The van der Waals surface area contributed by atoms with Gasteiger partial charge in [0.2, 0.25) is 10.0 Å². The molecule has 19 heavy (non-hydrogen) atoms. The Morgan fingerprint density at radius 3 is 2.37 bits per heavy atom. The number of benzene rings is 1. The summed E-state index contributed by atoms with van der Waals surface area (Å²) in [6.45, 7) is 0.500. The maximum Gasteiger partial charge on any atom is 0.269 e. The molecule has 1 aromatic carbocycles. The zero-order valence-corrected chi connectivity index (χ0v) is 10.8. The second kappa shape index (κ2) is 4.14. The van der Waals surface area contributed by atoms with Crippen LogP contribution in [0.4, 0.5) is 5.69 Å². The van der Waals surface area contributed by atoms with Gasteiger partial charge in [-0.3, -0.25) is 10.1 Å². The van der Waals surface area contributed by atoms with Crippen LogP contribution in [-0.4, -0.2) is 30.2 Å². The Hall–Kier alpha value is -1.73. The lowest BCUT2D eigenvalue weighted by molar-refractivity contribution is -0.384. The first-order valence-corrected chi connectivity index (χ1v) is 7.37. The molecule has 2 atom stereocenters. The highest BCUT2D eigenvalue weighted by Crippen LogP contribution is 2.35. The largest absolute Gasteiger partial charge is 0.269 e. The van der Waals surface area contributed by atoms with E-state index >= 15 is 0 Å². The number of hydrogen-bond donors (Lipinski definition) is 0. The minimum absolute atomic E-state index is 0.0646. The third-order valence-corrected chi connectivity index (χ3v) is 5.49. The molecule has 2 aliphatic rings. The molecule has 0 spiro atoms. The molecule has 3 rings (SSSR count). The molecule has 1 saturated heterocycles. The molecule has 0 amide bonds.